The van der Waals surface area contributed by atoms with E-state index in [0.29, 0.717) is 17.1 Å². The van der Waals surface area contributed by atoms with E-state index in [2.05, 4.69) is 5.32 Å². The lowest BCUT2D eigenvalue weighted by Gasteiger charge is -2.33. The quantitative estimate of drug-likeness (QED) is 0.262. The van der Waals surface area contributed by atoms with Crippen molar-refractivity contribution in [2.75, 3.05) is 23.7 Å². The van der Waals surface area contributed by atoms with Gasteiger partial charge < -0.3 is 10.2 Å². The van der Waals surface area contributed by atoms with Crippen LogP contribution in [-0.2, 0) is 32.6 Å². The van der Waals surface area contributed by atoms with Crippen LogP contribution in [0.4, 0.5) is 10.1 Å². The lowest BCUT2D eigenvalue weighted by molar-refractivity contribution is -0.140. The fourth-order valence-electron chi connectivity index (χ4n) is 4.12. The van der Waals surface area contributed by atoms with Crippen LogP contribution in [0.15, 0.2) is 72.8 Å². The Labute approximate surface area is 244 Å². The van der Waals surface area contributed by atoms with Crippen LogP contribution in [0.1, 0.15) is 30.9 Å². The van der Waals surface area contributed by atoms with E-state index < -0.39 is 34.3 Å². The molecule has 0 saturated heterocycles. The number of benzene rings is 3. The fourth-order valence-corrected chi connectivity index (χ4v) is 5.34. The molecule has 0 bridgehead atoms. The summed E-state index contributed by atoms with van der Waals surface area (Å²) in [5.41, 5.74) is 1.43. The maximum Gasteiger partial charge on any atom is 0.244 e. The zero-order valence-electron chi connectivity index (χ0n) is 22.3. The number of halogens is 3. The van der Waals surface area contributed by atoms with E-state index >= 15 is 0 Å². The minimum absolute atomic E-state index is 0.0203. The van der Waals surface area contributed by atoms with E-state index in [1.165, 1.54) is 11.0 Å². The van der Waals surface area contributed by atoms with Gasteiger partial charge in [-0.3, -0.25) is 13.9 Å². The number of hydrogen-bond donors (Lipinski definition) is 1. The van der Waals surface area contributed by atoms with Crippen LogP contribution in [0.5, 0.6) is 0 Å². The molecule has 0 radical (unpaired) electrons. The predicted molar refractivity (Wildman–Crippen MR) is 157 cm³/mol. The van der Waals surface area contributed by atoms with E-state index in [1.807, 2.05) is 37.3 Å². The van der Waals surface area contributed by atoms with Gasteiger partial charge in [0, 0.05) is 24.5 Å². The smallest absolute Gasteiger partial charge is 0.244 e. The van der Waals surface area contributed by atoms with E-state index in [0.717, 1.165) is 41.1 Å². The second kappa shape index (κ2) is 14.5. The Morgan fingerprint density at radius 2 is 1.65 bits per heavy atom. The van der Waals surface area contributed by atoms with Crippen molar-refractivity contribution in [2.45, 2.75) is 38.8 Å². The van der Waals surface area contributed by atoms with Crippen molar-refractivity contribution in [3.05, 3.63) is 99.8 Å². The number of nitrogens with one attached hydrogen (secondary N) is 1. The van der Waals surface area contributed by atoms with Crippen LogP contribution in [0, 0.1) is 5.82 Å². The monoisotopic (exact) mass is 607 g/mol. The van der Waals surface area contributed by atoms with Crippen molar-refractivity contribution in [3.63, 3.8) is 0 Å². The molecular formula is C29H32Cl2FN3O4S. The van der Waals surface area contributed by atoms with Crippen LogP contribution in [0.25, 0.3) is 0 Å². The Kier molecular flexibility index (Phi) is 11.4. The lowest BCUT2D eigenvalue weighted by Crippen LogP contribution is -2.53. The Morgan fingerprint density at radius 3 is 2.27 bits per heavy atom. The topological polar surface area (TPSA) is 86.8 Å². The molecule has 40 heavy (non-hydrogen) atoms. The van der Waals surface area contributed by atoms with Crippen LogP contribution < -0.4 is 9.62 Å². The number of amides is 2. The number of sulfonamides is 1. The molecule has 0 heterocycles. The molecule has 3 rings (SSSR count). The summed E-state index contributed by atoms with van der Waals surface area (Å²) in [6.45, 7) is 1.75. The van der Waals surface area contributed by atoms with Crippen LogP contribution in [-0.4, -0.2) is 50.5 Å². The number of carbonyl (C=O) groups is 2. The first-order valence-electron chi connectivity index (χ1n) is 12.8. The van der Waals surface area contributed by atoms with Gasteiger partial charge in [-0.2, -0.15) is 0 Å². The zero-order chi connectivity index (χ0) is 29.3. The molecule has 7 nitrogen and oxygen atoms in total. The first kappa shape index (κ1) is 31.4. The Hall–Kier alpha value is -3.14. The zero-order valence-corrected chi connectivity index (χ0v) is 24.6. The summed E-state index contributed by atoms with van der Waals surface area (Å²) in [6.07, 6.45) is 2.76. The first-order valence-corrected chi connectivity index (χ1v) is 15.4. The standard InChI is InChI=1S/C29H32Cl2FN3O4S/c1-3-4-16-33-29(37)27(17-21-10-6-5-7-11-21)34(19-22-12-8-9-13-24(22)30)28(36)20-35(40(2,38)39)23-14-15-26(32)25(31)18-23/h5-15,18,27H,3-4,16-17,19-20H2,1-2H3,(H,33,37)/t27-/m1/s1. The minimum atomic E-state index is -4.00. The third-order valence-corrected chi connectivity index (χ3v) is 8.07. The number of rotatable bonds is 13. The summed E-state index contributed by atoms with van der Waals surface area (Å²) in [6, 6.07) is 18.6. The van der Waals surface area contributed by atoms with Crippen molar-refractivity contribution in [3.8, 4) is 0 Å². The third-order valence-electron chi connectivity index (χ3n) is 6.27. The average Bonchev–Trinajstić information content (AvgIpc) is 2.91. The van der Waals surface area contributed by atoms with Gasteiger partial charge in [0.05, 0.1) is 17.0 Å². The van der Waals surface area contributed by atoms with Gasteiger partial charge in [0.1, 0.15) is 18.4 Å². The molecule has 0 spiro atoms. The summed E-state index contributed by atoms with van der Waals surface area (Å²) in [7, 11) is -4.00. The van der Waals surface area contributed by atoms with Crippen molar-refractivity contribution in [1.82, 2.24) is 10.2 Å². The molecule has 3 aromatic carbocycles. The number of nitrogens with zero attached hydrogens (tertiary/aromatic N) is 2. The van der Waals surface area contributed by atoms with E-state index in [1.54, 1.807) is 24.3 Å². The average molecular weight is 609 g/mol. The molecule has 0 fully saturated rings. The highest BCUT2D eigenvalue weighted by Crippen LogP contribution is 2.26. The second-order valence-electron chi connectivity index (χ2n) is 9.33. The Balaban J connectivity index is 2.05. The molecule has 0 aliphatic heterocycles. The molecule has 0 saturated carbocycles. The molecule has 0 aromatic heterocycles. The van der Waals surface area contributed by atoms with E-state index in [-0.39, 0.29) is 29.6 Å². The van der Waals surface area contributed by atoms with Gasteiger partial charge in [-0.05, 0) is 41.8 Å². The largest absolute Gasteiger partial charge is 0.354 e. The van der Waals surface area contributed by atoms with Gasteiger partial charge in [-0.25, -0.2) is 12.8 Å². The third kappa shape index (κ3) is 8.68. The van der Waals surface area contributed by atoms with Crippen molar-refractivity contribution in [1.29, 1.82) is 0 Å². The molecule has 0 unspecified atom stereocenters. The summed E-state index contributed by atoms with van der Waals surface area (Å²) < 4.78 is 40.2. The molecule has 1 N–H and O–H groups in total. The van der Waals surface area contributed by atoms with Crippen LogP contribution in [0.3, 0.4) is 0 Å². The van der Waals surface area contributed by atoms with Gasteiger partial charge in [0.25, 0.3) is 0 Å². The van der Waals surface area contributed by atoms with E-state index in [4.69, 9.17) is 23.2 Å². The van der Waals surface area contributed by atoms with Gasteiger partial charge in [0.2, 0.25) is 21.8 Å². The summed E-state index contributed by atoms with van der Waals surface area (Å²) in [5.74, 6) is -1.73. The number of carbonyl (C=O) groups excluding carboxylic acids is 2. The van der Waals surface area contributed by atoms with Crippen LogP contribution in [0.2, 0.25) is 10.0 Å². The number of hydrogen-bond acceptors (Lipinski definition) is 4. The number of unbranched alkanes of at least 4 members (excludes halogenated alkanes) is 1. The highest BCUT2D eigenvalue weighted by molar-refractivity contribution is 7.92. The molecule has 0 aliphatic carbocycles. The Bertz CT molecular complexity index is 1420. The summed E-state index contributed by atoms with van der Waals surface area (Å²) >= 11 is 12.3. The first-order chi connectivity index (χ1) is 19.0. The van der Waals surface area contributed by atoms with Crippen LogP contribution >= 0.6 is 23.2 Å². The van der Waals surface area contributed by atoms with Gasteiger partial charge in [-0.1, -0.05) is 85.1 Å². The molecular weight excluding hydrogens is 576 g/mol. The number of anilines is 1. The van der Waals surface area contributed by atoms with Crippen molar-refractivity contribution in [2.24, 2.45) is 0 Å². The molecule has 3 aromatic rings. The van der Waals surface area contributed by atoms with Gasteiger partial charge in [0.15, 0.2) is 0 Å². The lowest BCUT2D eigenvalue weighted by atomic mass is 10.0. The highest BCUT2D eigenvalue weighted by atomic mass is 35.5. The fraction of sp³-hybridized carbons (Fsp3) is 0.310. The highest BCUT2D eigenvalue weighted by Gasteiger charge is 2.33. The normalized spacial score (nSPS) is 12.0. The SMILES string of the molecule is CCCCNC(=O)[C@@H](Cc1ccccc1)N(Cc1ccccc1Cl)C(=O)CN(c1ccc(F)c(Cl)c1)S(C)(=O)=O. The summed E-state index contributed by atoms with van der Waals surface area (Å²) in [5, 5.41) is 3.02. The summed E-state index contributed by atoms with van der Waals surface area (Å²) in [4.78, 5) is 28.9. The maximum absolute atomic E-state index is 14.0. The second-order valence-corrected chi connectivity index (χ2v) is 12.1. The predicted octanol–water partition coefficient (Wildman–Crippen LogP) is 5.45. The van der Waals surface area contributed by atoms with Crippen molar-refractivity contribution < 1.29 is 22.4 Å². The molecule has 0 aliphatic rings. The molecule has 1 atom stereocenters. The Morgan fingerprint density at radius 1 is 0.975 bits per heavy atom. The molecule has 214 valence electrons. The minimum Gasteiger partial charge on any atom is -0.354 e. The van der Waals surface area contributed by atoms with Crippen molar-refractivity contribution >= 4 is 50.7 Å². The van der Waals surface area contributed by atoms with Gasteiger partial charge in [-0.15, -0.1) is 0 Å². The van der Waals surface area contributed by atoms with Gasteiger partial charge >= 0.3 is 0 Å². The molecule has 2 amide bonds. The maximum atomic E-state index is 14.0. The molecule has 11 heteroatoms. The van der Waals surface area contributed by atoms with E-state index in [9.17, 15) is 22.4 Å².